The molecule has 0 aliphatic heterocycles. The van der Waals surface area contributed by atoms with Gasteiger partial charge in [-0.2, -0.15) is 0 Å². The van der Waals surface area contributed by atoms with Crippen LogP contribution in [0.1, 0.15) is 5.69 Å². The van der Waals surface area contributed by atoms with E-state index in [9.17, 15) is 0 Å². The second-order valence-corrected chi connectivity index (χ2v) is 4.07. The van der Waals surface area contributed by atoms with E-state index in [0.717, 1.165) is 16.5 Å². The van der Waals surface area contributed by atoms with Crippen LogP contribution in [0.5, 0.6) is 11.6 Å². The molecule has 3 aromatic rings. The third kappa shape index (κ3) is 1.75. The number of ether oxygens (including phenoxy) is 1. The van der Waals surface area contributed by atoms with Gasteiger partial charge < -0.3 is 10.5 Å². The van der Waals surface area contributed by atoms with Gasteiger partial charge >= 0.3 is 0 Å². The molecule has 0 fully saturated rings. The number of nitrogens with two attached hydrogens (primary N) is 1. The average Bonchev–Trinajstić information content (AvgIpc) is 2.79. The van der Waals surface area contributed by atoms with E-state index in [1.165, 1.54) is 0 Å². The van der Waals surface area contributed by atoms with Crippen LogP contribution in [0.3, 0.4) is 0 Å². The number of H-pyrrole nitrogens is 1. The van der Waals surface area contributed by atoms with E-state index < -0.39 is 0 Å². The predicted molar refractivity (Wildman–Crippen MR) is 69.6 cm³/mol. The monoisotopic (exact) mass is 240 g/mol. The van der Waals surface area contributed by atoms with Crippen LogP contribution in [-0.4, -0.2) is 15.2 Å². The molecule has 18 heavy (non-hydrogen) atoms. The molecule has 5 nitrogen and oxygen atoms in total. The second kappa shape index (κ2) is 4.03. The SMILES string of the molecule is Cc1cc(Oc2ccc(N)c3cnccc23)n[nH]1. The van der Waals surface area contributed by atoms with Crippen LogP contribution in [0.2, 0.25) is 0 Å². The molecule has 0 saturated carbocycles. The highest BCUT2D eigenvalue weighted by molar-refractivity contribution is 5.96. The van der Waals surface area contributed by atoms with Crippen molar-refractivity contribution < 1.29 is 4.74 Å². The highest BCUT2D eigenvalue weighted by Gasteiger charge is 2.07. The van der Waals surface area contributed by atoms with Gasteiger partial charge in [-0.05, 0) is 25.1 Å². The summed E-state index contributed by atoms with van der Waals surface area (Å²) in [6, 6.07) is 7.35. The van der Waals surface area contributed by atoms with Gasteiger partial charge in [0.2, 0.25) is 5.88 Å². The molecule has 90 valence electrons. The lowest BCUT2D eigenvalue weighted by atomic mass is 10.1. The largest absolute Gasteiger partial charge is 0.437 e. The normalized spacial score (nSPS) is 10.7. The molecule has 0 unspecified atom stereocenters. The summed E-state index contributed by atoms with van der Waals surface area (Å²) >= 11 is 0. The minimum Gasteiger partial charge on any atom is -0.437 e. The van der Waals surface area contributed by atoms with Gasteiger partial charge in [0.15, 0.2) is 0 Å². The Morgan fingerprint density at radius 3 is 2.89 bits per heavy atom. The molecular formula is C13H12N4O. The Labute approximate surface area is 104 Å². The lowest BCUT2D eigenvalue weighted by Gasteiger charge is -2.07. The summed E-state index contributed by atoms with van der Waals surface area (Å²) in [6.45, 7) is 1.92. The molecule has 2 heterocycles. The highest BCUT2D eigenvalue weighted by atomic mass is 16.5. The maximum atomic E-state index is 5.91. The zero-order valence-corrected chi connectivity index (χ0v) is 9.84. The fourth-order valence-corrected chi connectivity index (χ4v) is 1.83. The number of nitrogens with one attached hydrogen (secondary N) is 1. The van der Waals surface area contributed by atoms with Gasteiger partial charge in [0.1, 0.15) is 5.75 Å². The first kappa shape index (κ1) is 10.6. The molecule has 5 heteroatoms. The molecule has 0 aliphatic carbocycles. The molecule has 0 bridgehead atoms. The summed E-state index contributed by atoms with van der Waals surface area (Å²) in [5.41, 5.74) is 7.54. The molecule has 0 atom stereocenters. The lowest BCUT2D eigenvalue weighted by Crippen LogP contribution is -1.91. The summed E-state index contributed by atoms with van der Waals surface area (Å²) in [6.07, 6.45) is 3.44. The summed E-state index contributed by atoms with van der Waals surface area (Å²) in [5, 5.41) is 8.68. The van der Waals surface area contributed by atoms with Crippen LogP contribution in [0, 0.1) is 6.92 Å². The Hall–Kier alpha value is -2.56. The van der Waals surface area contributed by atoms with Crippen LogP contribution in [-0.2, 0) is 0 Å². The van der Waals surface area contributed by atoms with Crippen LogP contribution < -0.4 is 10.5 Å². The van der Waals surface area contributed by atoms with Crippen LogP contribution >= 0.6 is 0 Å². The Kier molecular flexibility index (Phi) is 2.37. The molecule has 0 amide bonds. The number of aromatic amines is 1. The third-order valence-electron chi connectivity index (χ3n) is 2.71. The Balaban J connectivity index is 2.09. The van der Waals surface area contributed by atoms with E-state index >= 15 is 0 Å². The minimum absolute atomic E-state index is 0.537. The van der Waals surface area contributed by atoms with Crippen LogP contribution in [0.15, 0.2) is 36.7 Å². The van der Waals surface area contributed by atoms with Crippen molar-refractivity contribution in [3.05, 3.63) is 42.4 Å². The number of nitrogen functional groups attached to an aromatic ring is 1. The van der Waals surface area contributed by atoms with Gasteiger partial charge in [-0.25, -0.2) is 0 Å². The first-order valence-corrected chi connectivity index (χ1v) is 5.56. The number of anilines is 1. The maximum absolute atomic E-state index is 5.91. The molecule has 2 aromatic heterocycles. The molecule has 0 spiro atoms. The Morgan fingerprint density at radius 1 is 1.22 bits per heavy atom. The quantitative estimate of drug-likeness (QED) is 0.675. The van der Waals surface area contributed by atoms with E-state index in [2.05, 4.69) is 15.2 Å². The smallest absolute Gasteiger partial charge is 0.238 e. The zero-order chi connectivity index (χ0) is 12.5. The molecule has 1 aromatic carbocycles. The number of hydrogen-bond acceptors (Lipinski definition) is 4. The summed E-state index contributed by atoms with van der Waals surface area (Å²) in [5.74, 6) is 1.25. The first-order valence-electron chi connectivity index (χ1n) is 5.56. The van der Waals surface area contributed by atoms with Crippen molar-refractivity contribution in [2.75, 3.05) is 5.73 Å². The zero-order valence-electron chi connectivity index (χ0n) is 9.84. The standard InChI is InChI=1S/C13H12N4O/c1-8-6-13(17-16-8)18-12-3-2-11(14)10-7-15-5-4-9(10)12/h2-7H,14H2,1H3,(H,16,17). The van der Waals surface area contributed by atoms with Gasteiger partial charge in [-0.1, -0.05) is 0 Å². The van der Waals surface area contributed by atoms with Crippen LogP contribution in [0.4, 0.5) is 5.69 Å². The molecule has 0 aliphatic rings. The number of aryl methyl sites for hydroxylation is 1. The number of nitrogens with zero attached hydrogens (tertiary/aromatic N) is 2. The molecular weight excluding hydrogens is 228 g/mol. The Morgan fingerprint density at radius 2 is 2.11 bits per heavy atom. The van der Waals surface area contributed by atoms with E-state index in [-0.39, 0.29) is 0 Å². The number of fused-ring (bicyclic) bond motifs is 1. The van der Waals surface area contributed by atoms with Gasteiger partial charge in [0.25, 0.3) is 0 Å². The fourth-order valence-electron chi connectivity index (χ4n) is 1.83. The highest BCUT2D eigenvalue weighted by Crippen LogP contribution is 2.31. The first-order chi connectivity index (χ1) is 8.74. The van der Waals surface area contributed by atoms with Gasteiger partial charge in [0, 0.05) is 40.6 Å². The summed E-state index contributed by atoms with van der Waals surface area (Å²) in [4.78, 5) is 4.07. The second-order valence-electron chi connectivity index (χ2n) is 4.07. The average molecular weight is 240 g/mol. The summed E-state index contributed by atoms with van der Waals surface area (Å²) < 4.78 is 5.74. The van der Waals surface area contributed by atoms with Crippen LogP contribution in [0.25, 0.3) is 10.8 Å². The van der Waals surface area contributed by atoms with Gasteiger partial charge in [0.05, 0.1) is 0 Å². The molecule has 3 N–H and O–H groups in total. The predicted octanol–water partition coefficient (Wildman–Crippen LogP) is 2.64. The van der Waals surface area contributed by atoms with Crippen molar-refractivity contribution in [2.24, 2.45) is 0 Å². The number of benzene rings is 1. The van der Waals surface area contributed by atoms with E-state index in [0.29, 0.717) is 17.3 Å². The van der Waals surface area contributed by atoms with E-state index in [1.54, 1.807) is 18.5 Å². The van der Waals surface area contributed by atoms with Crippen molar-refractivity contribution in [1.82, 2.24) is 15.2 Å². The number of rotatable bonds is 2. The van der Waals surface area contributed by atoms with E-state index in [1.807, 2.05) is 25.1 Å². The van der Waals surface area contributed by atoms with Crippen molar-refractivity contribution >= 4 is 16.5 Å². The summed E-state index contributed by atoms with van der Waals surface area (Å²) in [7, 11) is 0. The Bertz CT molecular complexity index is 705. The van der Waals surface area contributed by atoms with E-state index in [4.69, 9.17) is 10.5 Å². The van der Waals surface area contributed by atoms with Gasteiger partial charge in [-0.15, -0.1) is 5.10 Å². The van der Waals surface area contributed by atoms with Crippen molar-refractivity contribution in [2.45, 2.75) is 6.92 Å². The molecule has 0 radical (unpaired) electrons. The van der Waals surface area contributed by atoms with Gasteiger partial charge in [-0.3, -0.25) is 10.1 Å². The topological polar surface area (TPSA) is 76.8 Å². The van der Waals surface area contributed by atoms with Crippen molar-refractivity contribution in [1.29, 1.82) is 0 Å². The molecule has 3 rings (SSSR count). The van der Waals surface area contributed by atoms with Crippen molar-refractivity contribution in [3.8, 4) is 11.6 Å². The fraction of sp³-hybridized carbons (Fsp3) is 0.0769. The number of hydrogen-bond donors (Lipinski definition) is 2. The lowest BCUT2D eigenvalue weighted by molar-refractivity contribution is 0.467. The number of aromatic nitrogens is 3. The maximum Gasteiger partial charge on any atom is 0.238 e. The number of pyridine rings is 1. The molecule has 0 saturated heterocycles. The minimum atomic E-state index is 0.537. The third-order valence-corrected chi connectivity index (χ3v) is 2.71. The van der Waals surface area contributed by atoms with Crippen molar-refractivity contribution in [3.63, 3.8) is 0 Å².